The molecule has 0 bridgehead atoms. The van der Waals surface area contributed by atoms with Gasteiger partial charge in [-0.3, -0.25) is 4.90 Å². The Kier molecular flexibility index (Phi) is 4.64. The van der Waals surface area contributed by atoms with Crippen molar-refractivity contribution in [1.82, 2.24) is 4.90 Å². The fraction of sp³-hybridized carbons (Fsp3) is 0.471. The van der Waals surface area contributed by atoms with Crippen LogP contribution in [0.4, 0.5) is 4.79 Å². The minimum atomic E-state index is -1.33. The summed E-state index contributed by atoms with van der Waals surface area (Å²) in [5.74, 6) is 1.19. The molecule has 0 aromatic heterocycles. The van der Waals surface area contributed by atoms with E-state index in [9.17, 15) is 15.0 Å². The van der Waals surface area contributed by atoms with Crippen molar-refractivity contribution in [3.8, 4) is 11.5 Å². The number of benzene rings is 1. The number of carboxylic acid groups (broad SMARTS) is 1. The number of methoxy groups -OCH3 is 1. The molecule has 0 spiro atoms. The summed E-state index contributed by atoms with van der Waals surface area (Å²) >= 11 is 0. The summed E-state index contributed by atoms with van der Waals surface area (Å²) in [6.45, 7) is 0.608. The molecule has 2 N–H and O–H groups in total. The second kappa shape index (κ2) is 6.70. The van der Waals surface area contributed by atoms with E-state index in [1.54, 1.807) is 18.2 Å². The normalized spacial score (nSPS) is 24.8. The van der Waals surface area contributed by atoms with Gasteiger partial charge in [0.05, 0.1) is 12.6 Å². The Labute approximate surface area is 140 Å². The van der Waals surface area contributed by atoms with E-state index in [1.165, 1.54) is 12.0 Å². The van der Waals surface area contributed by atoms with E-state index in [4.69, 9.17) is 14.2 Å². The fourth-order valence-corrected chi connectivity index (χ4v) is 3.25. The molecule has 2 atom stereocenters. The molecule has 7 heteroatoms. The first-order chi connectivity index (χ1) is 11.6. The summed E-state index contributed by atoms with van der Waals surface area (Å²) in [6, 6.07) is 4.63. The average molecular weight is 335 g/mol. The van der Waals surface area contributed by atoms with E-state index < -0.39 is 17.7 Å². The van der Waals surface area contributed by atoms with E-state index in [2.05, 4.69) is 0 Å². The van der Waals surface area contributed by atoms with Crippen LogP contribution in [0.2, 0.25) is 0 Å². The van der Waals surface area contributed by atoms with Crippen LogP contribution in [0.5, 0.6) is 11.5 Å². The second-order valence-electron chi connectivity index (χ2n) is 5.89. The molecule has 1 aromatic rings. The number of fused-ring (bicyclic) bond motifs is 1. The summed E-state index contributed by atoms with van der Waals surface area (Å²) in [7, 11) is 1.52. The maximum absolute atomic E-state index is 11.7. The first-order valence-corrected chi connectivity index (χ1v) is 7.82. The van der Waals surface area contributed by atoms with Crippen molar-refractivity contribution in [2.45, 2.75) is 24.5 Å². The predicted octanol–water partition coefficient (Wildman–Crippen LogP) is 1.95. The molecule has 0 saturated carbocycles. The molecule has 0 radical (unpaired) electrons. The van der Waals surface area contributed by atoms with Crippen molar-refractivity contribution in [2.75, 3.05) is 27.1 Å². The lowest BCUT2D eigenvalue weighted by atomic mass is 9.78. The van der Waals surface area contributed by atoms with Gasteiger partial charge in [-0.25, -0.2) is 4.79 Å². The maximum Gasteiger partial charge on any atom is 0.407 e. The zero-order valence-corrected chi connectivity index (χ0v) is 13.5. The molecule has 7 nitrogen and oxygen atoms in total. The second-order valence-corrected chi connectivity index (χ2v) is 5.89. The Balaban J connectivity index is 1.95. The molecule has 3 rings (SSSR count). The lowest BCUT2D eigenvalue weighted by Gasteiger charge is -2.43. The third kappa shape index (κ3) is 2.92. The number of nitrogens with zero attached hydrogens (tertiary/aromatic N) is 1. The molecule has 1 heterocycles. The Morgan fingerprint density at radius 2 is 2.17 bits per heavy atom. The van der Waals surface area contributed by atoms with Gasteiger partial charge in [-0.05, 0) is 24.1 Å². The van der Waals surface area contributed by atoms with E-state index in [1.807, 2.05) is 12.2 Å². The highest BCUT2D eigenvalue weighted by Gasteiger charge is 2.44. The molecule has 1 aromatic carbocycles. The van der Waals surface area contributed by atoms with Crippen LogP contribution >= 0.6 is 0 Å². The minimum absolute atomic E-state index is 0.148. The third-order valence-electron chi connectivity index (χ3n) is 4.54. The Morgan fingerprint density at radius 1 is 1.38 bits per heavy atom. The van der Waals surface area contributed by atoms with Crippen molar-refractivity contribution in [1.29, 1.82) is 0 Å². The average Bonchev–Trinajstić information content (AvgIpc) is 3.04. The quantitative estimate of drug-likeness (QED) is 0.800. The van der Waals surface area contributed by atoms with Crippen LogP contribution in [0.1, 0.15) is 18.4 Å². The van der Waals surface area contributed by atoms with Crippen LogP contribution in [-0.2, 0) is 10.3 Å². The van der Waals surface area contributed by atoms with Gasteiger partial charge in [0.1, 0.15) is 5.60 Å². The van der Waals surface area contributed by atoms with Crippen molar-refractivity contribution in [3.63, 3.8) is 0 Å². The maximum atomic E-state index is 11.7. The van der Waals surface area contributed by atoms with Crippen LogP contribution in [0, 0.1) is 0 Å². The van der Waals surface area contributed by atoms with Gasteiger partial charge in [-0.15, -0.1) is 0 Å². The van der Waals surface area contributed by atoms with Crippen molar-refractivity contribution in [3.05, 3.63) is 35.9 Å². The smallest absolute Gasteiger partial charge is 0.407 e. The first kappa shape index (κ1) is 16.6. The molecule has 0 fully saturated rings. The lowest BCUT2D eigenvalue weighted by molar-refractivity contribution is -0.0518. The van der Waals surface area contributed by atoms with Crippen LogP contribution in [0.25, 0.3) is 0 Å². The summed E-state index contributed by atoms with van der Waals surface area (Å²) < 4.78 is 15.7. The van der Waals surface area contributed by atoms with Gasteiger partial charge >= 0.3 is 6.09 Å². The zero-order valence-electron chi connectivity index (χ0n) is 13.5. The Morgan fingerprint density at radius 3 is 2.92 bits per heavy atom. The van der Waals surface area contributed by atoms with Crippen molar-refractivity contribution in [2.24, 2.45) is 0 Å². The highest BCUT2D eigenvalue weighted by molar-refractivity contribution is 5.66. The molecule has 2 aliphatic rings. The number of ether oxygens (including phenoxy) is 3. The monoisotopic (exact) mass is 335 g/mol. The first-order valence-electron chi connectivity index (χ1n) is 7.82. The fourth-order valence-electron chi connectivity index (χ4n) is 3.25. The molecular weight excluding hydrogens is 314 g/mol. The standard InChI is InChI=1S/C17H21NO6/c1-22-9-8-18(16(19)20)15-4-2-3-7-17(15,21)12-5-6-13-14(10-12)24-11-23-13/h2-3,5-6,10,15,21H,4,7-9,11H2,1H3,(H,19,20)/t15-,17-/m1/s1. The van der Waals surface area contributed by atoms with Crippen LogP contribution in [-0.4, -0.2) is 54.3 Å². The van der Waals surface area contributed by atoms with Gasteiger partial charge in [0.15, 0.2) is 11.5 Å². The van der Waals surface area contributed by atoms with E-state index in [0.29, 0.717) is 29.9 Å². The number of carbonyl (C=O) groups is 1. The highest BCUT2D eigenvalue weighted by atomic mass is 16.7. The molecule has 1 amide bonds. The van der Waals surface area contributed by atoms with E-state index in [-0.39, 0.29) is 19.9 Å². The van der Waals surface area contributed by atoms with Gasteiger partial charge in [-0.2, -0.15) is 0 Å². The lowest BCUT2D eigenvalue weighted by Crippen LogP contribution is -2.54. The Bertz CT molecular complexity index is 646. The molecule has 1 aliphatic carbocycles. The highest BCUT2D eigenvalue weighted by Crippen LogP contribution is 2.42. The van der Waals surface area contributed by atoms with Gasteiger partial charge in [-0.1, -0.05) is 18.2 Å². The minimum Gasteiger partial charge on any atom is -0.465 e. The molecule has 0 saturated heterocycles. The number of hydrogen-bond acceptors (Lipinski definition) is 5. The number of aliphatic hydroxyl groups is 1. The number of hydrogen-bond donors (Lipinski definition) is 2. The molecular formula is C17H21NO6. The van der Waals surface area contributed by atoms with E-state index >= 15 is 0 Å². The molecule has 24 heavy (non-hydrogen) atoms. The topological polar surface area (TPSA) is 88.5 Å². The molecule has 130 valence electrons. The third-order valence-corrected chi connectivity index (χ3v) is 4.54. The number of amides is 1. The van der Waals surface area contributed by atoms with Gasteiger partial charge in [0.25, 0.3) is 0 Å². The van der Waals surface area contributed by atoms with Crippen LogP contribution < -0.4 is 9.47 Å². The van der Waals surface area contributed by atoms with Crippen LogP contribution in [0.15, 0.2) is 30.4 Å². The SMILES string of the molecule is COCCN(C(=O)O)[C@@H]1CC=CC[C@@]1(O)c1ccc2c(c1)OCO2. The predicted molar refractivity (Wildman–Crippen MR) is 85.2 cm³/mol. The largest absolute Gasteiger partial charge is 0.465 e. The van der Waals surface area contributed by atoms with Crippen molar-refractivity contribution >= 4 is 6.09 Å². The summed E-state index contributed by atoms with van der Waals surface area (Å²) in [6.07, 6.45) is 3.45. The summed E-state index contributed by atoms with van der Waals surface area (Å²) in [5, 5.41) is 20.9. The van der Waals surface area contributed by atoms with E-state index in [0.717, 1.165) is 0 Å². The van der Waals surface area contributed by atoms with Gasteiger partial charge < -0.3 is 24.4 Å². The Hall–Kier alpha value is -2.25. The summed E-state index contributed by atoms with van der Waals surface area (Å²) in [5.41, 5.74) is -0.716. The molecule has 0 unspecified atom stereocenters. The van der Waals surface area contributed by atoms with Gasteiger partial charge in [0.2, 0.25) is 6.79 Å². The van der Waals surface area contributed by atoms with Crippen LogP contribution in [0.3, 0.4) is 0 Å². The van der Waals surface area contributed by atoms with Crippen molar-refractivity contribution < 1.29 is 29.2 Å². The molecule has 1 aliphatic heterocycles. The summed E-state index contributed by atoms with van der Waals surface area (Å²) in [4.78, 5) is 12.9. The zero-order chi connectivity index (χ0) is 17.2. The van der Waals surface area contributed by atoms with Gasteiger partial charge in [0, 0.05) is 20.1 Å². The number of rotatable bonds is 5.